The van der Waals surface area contributed by atoms with Crippen LogP contribution < -0.4 is 9.64 Å². The number of halogens is 1. The van der Waals surface area contributed by atoms with Crippen LogP contribution in [0.4, 0.5) is 5.82 Å². The number of nitrogens with zero attached hydrogens (tertiary/aromatic N) is 4. The van der Waals surface area contributed by atoms with Crippen LogP contribution in [0.15, 0.2) is 48.5 Å². The third kappa shape index (κ3) is 4.86. The third-order valence-electron chi connectivity index (χ3n) is 5.87. The SMILES string of the molecule is Cc1cc(C)c(C)c(OCC(=O)N2CCN(c3ccc(-c4ccccc4Cl)nn3)CC2)c1. The molecule has 1 amide bonds. The number of anilines is 1. The fourth-order valence-corrected chi connectivity index (χ4v) is 4.11. The average Bonchev–Trinajstić information content (AvgIpc) is 2.81. The van der Waals surface area contributed by atoms with Gasteiger partial charge in [-0.1, -0.05) is 35.9 Å². The van der Waals surface area contributed by atoms with Crippen molar-refractivity contribution in [2.24, 2.45) is 0 Å². The lowest BCUT2D eigenvalue weighted by atomic mass is 10.1. The van der Waals surface area contributed by atoms with E-state index in [9.17, 15) is 4.79 Å². The van der Waals surface area contributed by atoms with Gasteiger partial charge in [0.15, 0.2) is 12.4 Å². The van der Waals surface area contributed by atoms with Gasteiger partial charge < -0.3 is 14.5 Å². The van der Waals surface area contributed by atoms with Crippen LogP contribution in [0.25, 0.3) is 11.3 Å². The molecule has 7 heteroatoms. The van der Waals surface area contributed by atoms with Gasteiger partial charge in [-0.25, -0.2) is 0 Å². The minimum Gasteiger partial charge on any atom is -0.483 e. The van der Waals surface area contributed by atoms with Gasteiger partial charge in [0, 0.05) is 31.7 Å². The number of benzene rings is 2. The van der Waals surface area contributed by atoms with E-state index in [1.807, 2.05) is 61.2 Å². The highest BCUT2D eigenvalue weighted by atomic mass is 35.5. The third-order valence-corrected chi connectivity index (χ3v) is 6.20. The molecule has 32 heavy (non-hydrogen) atoms. The van der Waals surface area contributed by atoms with Gasteiger partial charge in [-0.3, -0.25) is 4.79 Å². The molecule has 0 bridgehead atoms. The molecule has 2 aromatic carbocycles. The summed E-state index contributed by atoms with van der Waals surface area (Å²) >= 11 is 6.26. The van der Waals surface area contributed by atoms with Crippen LogP contribution in [0, 0.1) is 20.8 Å². The summed E-state index contributed by atoms with van der Waals surface area (Å²) < 4.78 is 5.85. The number of hydrogen-bond acceptors (Lipinski definition) is 5. The summed E-state index contributed by atoms with van der Waals surface area (Å²) in [4.78, 5) is 16.7. The summed E-state index contributed by atoms with van der Waals surface area (Å²) in [6, 6.07) is 15.6. The Labute approximate surface area is 193 Å². The van der Waals surface area contributed by atoms with E-state index in [4.69, 9.17) is 16.3 Å². The van der Waals surface area contributed by atoms with Crippen LogP contribution in [-0.2, 0) is 4.79 Å². The first-order chi connectivity index (χ1) is 15.4. The van der Waals surface area contributed by atoms with Crippen molar-refractivity contribution in [1.29, 1.82) is 0 Å². The van der Waals surface area contributed by atoms with Crippen molar-refractivity contribution in [3.8, 4) is 17.0 Å². The van der Waals surface area contributed by atoms with E-state index in [-0.39, 0.29) is 12.5 Å². The Morgan fingerprint density at radius 1 is 1.00 bits per heavy atom. The maximum Gasteiger partial charge on any atom is 0.260 e. The highest BCUT2D eigenvalue weighted by molar-refractivity contribution is 6.33. The second kappa shape index (κ2) is 9.57. The maximum absolute atomic E-state index is 12.7. The first-order valence-corrected chi connectivity index (χ1v) is 11.1. The van der Waals surface area contributed by atoms with E-state index in [1.54, 1.807) is 0 Å². The Morgan fingerprint density at radius 3 is 2.44 bits per heavy atom. The van der Waals surface area contributed by atoms with Crippen LogP contribution in [0.2, 0.25) is 5.02 Å². The normalized spacial score (nSPS) is 13.9. The predicted molar refractivity (Wildman–Crippen MR) is 127 cm³/mol. The number of carbonyl (C=O) groups excluding carboxylic acids is 1. The van der Waals surface area contributed by atoms with Gasteiger partial charge in [-0.05, 0) is 61.7 Å². The van der Waals surface area contributed by atoms with Crippen molar-refractivity contribution >= 4 is 23.3 Å². The summed E-state index contributed by atoms with van der Waals surface area (Å²) in [6.45, 7) is 8.82. The topological polar surface area (TPSA) is 58.6 Å². The molecule has 6 nitrogen and oxygen atoms in total. The molecule has 166 valence electrons. The summed E-state index contributed by atoms with van der Waals surface area (Å²) in [7, 11) is 0. The molecule has 1 aromatic heterocycles. The van der Waals surface area contributed by atoms with Crippen LogP contribution in [0.1, 0.15) is 16.7 Å². The van der Waals surface area contributed by atoms with Crippen molar-refractivity contribution in [3.05, 3.63) is 70.2 Å². The monoisotopic (exact) mass is 450 g/mol. The minimum atomic E-state index is 0.00311. The van der Waals surface area contributed by atoms with Gasteiger partial charge in [0.2, 0.25) is 0 Å². The molecule has 4 rings (SSSR count). The molecule has 0 unspecified atom stereocenters. The average molecular weight is 451 g/mol. The predicted octanol–water partition coefficient (Wildman–Crippen LogP) is 4.45. The quantitative estimate of drug-likeness (QED) is 0.574. The molecular formula is C25H27ClN4O2. The fourth-order valence-electron chi connectivity index (χ4n) is 3.87. The van der Waals surface area contributed by atoms with Crippen molar-refractivity contribution in [3.63, 3.8) is 0 Å². The minimum absolute atomic E-state index is 0.00311. The van der Waals surface area contributed by atoms with Gasteiger partial charge in [0.1, 0.15) is 5.75 Å². The molecule has 1 saturated heterocycles. The molecule has 0 saturated carbocycles. The lowest BCUT2D eigenvalue weighted by molar-refractivity contribution is -0.133. The van der Waals surface area contributed by atoms with E-state index < -0.39 is 0 Å². The van der Waals surface area contributed by atoms with Crippen LogP contribution in [0.3, 0.4) is 0 Å². The molecule has 0 atom stereocenters. The summed E-state index contributed by atoms with van der Waals surface area (Å²) in [5.74, 6) is 1.58. The maximum atomic E-state index is 12.7. The van der Waals surface area contributed by atoms with Gasteiger partial charge in [0.05, 0.1) is 10.7 Å². The van der Waals surface area contributed by atoms with Crippen LogP contribution in [0.5, 0.6) is 5.75 Å². The zero-order chi connectivity index (χ0) is 22.7. The van der Waals surface area contributed by atoms with E-state index in [0.29, 0.717) is 31.2 Å². The number of aromatic nitrogens is 2. The molecule has 0 spiro atoms. The standard InChI is InChI=1S/C25H27ClN4O2/c1-17-14-18(2)19(3)23(15-17)32-16-25(31)30-12-10-29(11-13-30)24-9-8-22(27-28-24)20-6-4-5-7-21(20)26/h4-9,14-15H,10-13,16H2,1-3H3. The fraction of sp³-hybridized carbons (Fsp3) is 0.320. The number of hydrogen-bond donors (Lipinski definition) is 0. The van der Waals surface area contributed by atoms with Crippen molar-refractivity contribution in [2.45, 2.75) is 20.8 Å². The molecule has 1 aliphatic rings. The highest BCUT2D eigenvalue weighted by Gasteiger charge is 2.23. The second-order valence-corrected chi connectivity index (χ2v) is 8.53. The largest absolute Gasteiger partial charge is 0.483 e. The van der Waals surface area contributed by atoms with Gasteiger partial charge in [-0.2, -0.15) is 0 Å². The smallest absolute Gasteiger partial charge is 0.260 e. The number of aryl methyl sites for hydroxylation is 2. The summed E-state index contributed by atoms with van der Waals surface area (Å²) in [5.41, 5.74) is 4.98. The lowest BCUT2D eigenvalue weighted by Crippen LogP contribution is -2.50. The molecule has 3 aromatic rings. The van der Waals surface area contributed by atoms with Crippen molar-refractivity contribution in [1.82, 2.24) is 15.1 Å². The van der Waals surface area contributed by atoms with Crippen molar-refractivity contribution in [2.75, 3.05) is 37.7 Å². The molecule has 0 aliphatic carbocycles. The highest BCUT2D eigenvalue weighted by Crippen LogP contribution is 2.26. The summed E-state index contributed by atoms with van der Waals surface area (Å²) in [5, 5.41) is 9.38. The number of piperazine rings is 1. The summed E-state index contributed by atoms with van der Waals surface area (Å²) in [6.07, 6.45) is 0. The number of ether oxygens (including phenoxy) is 1. The molecule has 0 N–H and O–H groups in total. The first-order valence-electron chi connectivity index (χ1n) is 10.7. The Balaban J connectivity index is 1.32. The van der Waals surface area contributed by atoms with E-state index in [0.717, 1.165) is 34.0 Å². The van der Waals surface area contributed by atoms with E-state index >= 15 is 0 Å². The van der Waals surface area contributed by atoms with Crippen LogP contribution in [-0.4, -0.2) is 53.8 Å². The van der Waals surface area contributed by atoms with Crippen LogP contribution >= 0.6 is 11.6 Å². The molecule has 2 heterocycles. The molecule has 1 fully saturated rings. The van der Waals surface area contributed by atoms with Gasteiger partial charge >= 0.3 is 0 Å². The Hall–Kier alpha value is -3.12. The Bertz CT molecular complexity index is 1110. The molecular weight excluding hydrogens is 424 g/mol. The number of rotatable bonds is 5. The number of amides is 1. The number of carbonyl (C=O) groups is 1. The van der Waals surface area contributed by atoms with E-state index in [1.165, 1.54) is 5.56 Å². The van der Waals surface area contributed by atoms with Gasteiger partial charge in [-0.15, -0.1) is 10.2 Å². The van der Waals surface area contributed by atoms with Crippen molar-refractivity contribution < 1.29 is 9.53 Å². The Morgan fingerprint density at radius 2 is 1.75 bits per heavy atom. The van der Waals surface area contributed by atoms with Gasteiger partial charge in [0.25, 0.3) is 5.91 Å². The second-order valence-electron chi connectivity index (χ2n) is 8.12. The van der Waals surface area contributed by atoms with E-state index in [2.05, 4.69) is 28.1 Å². The first kappa shape index (κ1) is 22.1. The lowest BCUT2D eigenvalue weighted by Gasteiger charge is -2.35. The molecule has 1 aliphatic heterocycles. The molecule has 0 radical (unpaired) electrons. The Kier molecular flexibility index (Phi) is 6.61. The zero-order valence-corrected chi connectivity index (χ0v) is 19.4. The zero-order valence-electron chi connectivity index (χ0n) is 18.6.